The quantitative estimate of drug-likeness (QED) is 0.661. The SMILES string of the molecule is O=C(c1ccccc1)c1ccccc1C(=O)N1CCN(c2ccncc2)CC1. The molecule has 1 aliphatic rings. The molecule has 3 aromatic rings. The number of anilines is 1. The number of benzene rings is 2. The number of amides is 1. The van der Waals surface area contributed by atoms with Crippen LogP contribution in [0.25, 0.3) is 0 Å². The molecule has 4 rings (SSSR count). The molecule has 2 heterocycles. The van der Waals surface area contributed by atoms with Crippen LogP contribution in [0, 0.1) is 0 Å². The summed E-state index contributed by atoms with van der Waals surface area (Å²) in [6, 6.07) is 20.1. The van der Waals surface area contributed by atoms with Gasteiger partial charge in [-0.25, -0.2) is 0 Å². The first-order valence-corrected chi connectivity index (χ1v) is 9.37. The van der Waals surface area contributed by atoms with Crippen molar-refractivity contribution >= 4 is 17.4 Å². The standard InChI is InChI=1S/C23H21N3O2/c27-22(18-6-2-1-3-7-18)20-8-4-5-9-21(20)23(28)26-16-14-25(15-17-26)19-10-12-24-13-11-19/h1-13H,14-17H2. The van der Waals surface area contributed by atoms with E-state index in [2.05, 4.69) is 9.88 Å². The van der Waals surface area contributed by atoms with E-state index in [4.69, 9.17) is 0 Å². The summed E-state index contributed by atoms with van der Waals surface area (Å²) in [6.45, 7) is 2.75. The molecule has 1 aliphatic heterocycles. The number of nitrogens with zero attached hydrogens (tertiary/aromatic N) is 3. The maximum absolute atomic E-state index is 13.1. The molecule has 5 nitrogen and oxygen atoms in total. The minimum Gasteiger partial charge on any atom is -0.368 e. The summed E-state index contributed by atoms with van der Waals surface area (Å²) in [4.78, 5) is 34.2. The van der Waals surface area contributed by atoms with Crippen LogP contribution in [0.2, 0.25) is 0 Å². The van der Waals surface area contributed by atoms with Gasteiger partial charge in [-0.15, -0.1) is 0 Å². The number of aromatic nitrogens is 1. The summed E-state index contributed by atoms with van der Waals surface area (Å²) in [5.41, 5.74) is 2.62. The molecule has 0 bridgehead atoms. The molecule has 0 saturated carbocycles. The fraction of sp³-hybridized carbons (Fsp3) is 0.174. The number of hydrogen-bond donors (Lipinski definition) is 0. The minimum absolute atomic E-state index is 0.0886. The van der Waals surface area contributed by atoms with Crippen molar-refractivity contribution in [1.82, 2.24) is 9.88 Å². The topological polar surface area (TPSA) is 53.5 Å². The molecule has 2 aromatic carbocycles. The van der Waals surface area contributed by atoms with Gasteiger partial charge in [-0.1, -0.05) is 48.5 Å². The second-order valence-electron chi connectivity index (χ2n) is 6.73. The molecule has 1 saturated heterocycles. The molecular weight excluding hydrogens is 350 g/mol. The van der Waals surface area contributed by atoms with E-state index < -0.39 is 0 Å². The number of ketones is 1. The predicted molar refractivity (Wildman–Crippen MR) is 109 cm³/mol. The van der Waals surface area contributed by atoms with Gasteiger partial charge in [0.05, 0.1) is 5.56 Å². The number of rotatable bonds is 4. The van der Waals surface area contributed by atoms with Gasteiger partial charge in [0.2, 0.25) is 0 Å². The van der Waals surface area contributed by atoms with Crippen molar-refractivity contribution in [2.24, 2.45) is 0 Å². The molecule has 140 valence electrons. The van der Waals surface area contributed by atoms with Crippen LogP contribution in [0.4, 0.5) is 5.69 Å². The van der Waals surface area contributed by atoms with Gasteiger partial charge < -0.3 is 9.80 Å². The van der Waals surface area contributed by atoms with Crippen molar-refractivity contribution in [2.45, 2.75) is 0 Å². The van der Waals surface area contributed by atoms with E-state index in [0.29, 0.717) is 29.8 Å². The third kappa shape index (κ3) is 3.64. The number of piperazine rings is 1. The van der Waals surface area contributed by atoms with Crippen molar-refractivity contribution in [1.29, 1.82) is 0 Å². The Balaban J connectivity index is 1.51. The average molecular weight is 371 g/mol. The van der Waals surface area contributed by atoms with E-state index in [0.717, 1.165) is 18.8 Å². The van der Waals surface area contributed by atoms with Gasteiger partial charge in [-0.05, 0) is 18.2 Å². The maximum Gasteiger partial charge on any atom is 0.254 e. The largest absolute Gasteiger partial charge is 0.368 e. The first kappa shape index (κ1) is 17.9. The summed E-state index contributed by atoms with van der Waals surface area (Å²) in [7, 11) is 0. The van der Waals surface area contributed by atoms with E-state index in [9.17, 15) is 9.59 Å². The highest BCUT2D eigenvalue weighted by molar-refractivity contribution is 6.15. The lowest BCUT2D eigenvalue weighted by Gasteiger charge is -2.36. The fourth-order valence-corrected chi connectivity index (χ4v) is 3.51. The number of carbonyl (C=O) groups is 2. The zero-order chi connectivity index (χ0) is 19.3. The Bertz CT molecular complexity index is 965. The highest BCUT2D eigenvalue weighted by atomic mass is 16.2. The van der Waals surface area contributed by atoms with Crippen molar-refractivity contribution < 1.29 is 9.59 Å². The maximum atomic E-state index is 13.1. The van der Waals surface area contributed by atoms with Crippen molar-refractivity contribution in [3.8, 4) is 0 Å². The average Bonchev–Trinajstić information content (AvgIpc) is 2.79. The normalized spacial score (nSPS) is 14.0. The molecule has 0 radical (unpaired) electrons. The predicted octanol–water partition coefficient (Wildman–Crippen LogP) is 3.28. The Labute approximate surface area is 164 Å². The monoisotopic (exact) mass is 371 g/mol. The van der Waals surface area contributed by atoms with Crippen LogP contribution in [-0.4, -0.2) is 47.8 Å². The number of hydrogen-bond acceptors (Lipinski definition) is 4. The van der Waals surface area contributed by atoms with Gasteiger partial charge in [-0.2, -0.15) is 0 Å². The van der Waals surface area contributed by atoms with E-state index >= 15 is 0 Å². The second-order valence-corrected chi connectivity index (χ2v) is 6.73. The van der Waals surface area contributed by atoms with Gasteiger partial charge in [0, 0.05) is 55.4 Å². The van der Waals surface area contributed by atoms with E-state index in [1.54, 1.807) is 42.7 Å². The Morgan fingerprint density at radius 3 is 2.00 bits per heavy atom. The molecule has 28 heavy (non-hydrogen) atoms. The van der Waals surface area contributed by atoms with Crippen LogP contribution >= 0.6 is 0 Å². The lowest BCUT2D eigenvalue weighted by molar-refractivity contribution is 0.0742. The van der Waals surface area contributed by atoms with Gasteiger partial charge in [-0.3, -0.25) is 14.6 Å². The van der Waals surface area contributed by atoms with Crippen LogP contribution in [0.1, 0.15) is 26.3 Å². The first-order chi connectivity index (χ1) is 13.7. The van der Waals surface area contributed by atoms with E-state index in [1.807, 2.05) is 41.3 Å². The summed E-state index contributed by atoms with van der Waals surface area (Å²) >= 11 is 0. The fourth-order valence-electron chi connectivity index (χ4n) is 3.51. The molecule has 0 aliphatic carbocycles. The van der Waals surface area contributed by atoms with Crippen LogP contribution in [0.5, 0.6) is 0 Å². The Morgan fingerprint density at radius 2 is 1.32 bits per heavy atom. The molecule has 5 heteroatoms. The lowest BCUT2D eigenvalue weighted by atomic mass is 9.97. The summed E-state index contributed by atoms with van der Waals surface area (Å²) in [5, 5.41) is 0. The Kier molecular flexibility index (Phi) is 5.15. The minimum atomic E-state index is -0.125. The van der Waals surface area contributed by atoms with Gasteiger partial charge in [0.15, 0.2) is 5.78 Å². The van der Waals surface area contributed by atoms with Crippen LogP contribution in [0.15, 0.2) is 79.1 Å². The third-order valence-electron chi connectivity index (χ3n) is 5.03. The zero-order valence-corrected chi connectivity index (χ0v) is 15.5. The third-order valence-corrected chi connectivity index (χ3v) is 5.03. The zero-order valence-electron chi connectivity index (χ0n) is 15.5. The molecule has 1 amide bonds. The lowest BCUT2D eigenvalue weighted by Crippen LogP contribution is -2.49. The highest BCUT2D eigenvalue weighted by Crippen LogP contribution is 2.19. The molecule has 1 aromatic heterocycles. The summed E-state index contributed by atoms with van der Waals surface area (Å²) < 4.78 is 0. The second kappa shape index (κ2) is 8.05. The van der Waals surface area contributed by atoms with E-state index in [-0.39, 0.29) is 11.7 Å². The van der Waals surface area contributed by atoms with Crippen LogP contribution in [-0.2, 0) is 0 Å². The number of carbonyl (C=O) groups excluding carboxylic acids is 2. The smallest absolute Gasteiger partial charge is 0.254 e. The van der Waals surface area contributed by atoms with Crippen LogP contribution in [0.3, 0.4) is 0 Å². The number of pyridine rings is 1. The van der Waals surface area contributed by atoms with Crippen molar-refractivity contribution in [2.75, 3.05) is 31.1 Å². The van der Waals surface area contributed by atoms with Crippen molar-refractivity contribution in [3.63, 3.8) is 0 Å². The molecule has 0 unspecified atom stereocenters. The molecule has 1 fully saturated rings. The van der Waals surface area contributed by atoms with E-state index in [1.165, 1.54) is 0 Å². The molecular formula is C23H21N3O2. The Morgan fingerprint density at radius 1 is 0.714 bits per heavy atom. The molecule has 0 N–H and O–H groups in total. The van der Waals surface area contributed by atoms with Gasteiger partial charge in [0.25, 0.3) is 5.91 Å². The van der Waals surface area contributed by atoms with Crippen molar-refractivity contribution in [3.05, 3.63) is 95.8 Å². The molecule has 0 spiro atoms. The summed E-state index contributed by atoms with van der Waals surface area (Å²) in [5.74, 6) is -0.214. The highest BCUT2D eigenvalue weighted by Gasteiger charge is 2.25. The Hall–Kier alpha value is -3.47. The summed E-state index contributed by atoms with van der Waals surface area (Å²) in [6.07, 6.45) is 3.55. The first-order valence-electron chi connectivity index (χ1n) is 9.37. The van der Waals surface area contributed by atoms with Crippen LogP contribution < -0.4 is 4.90 Å². The molecule has 0 atom stereocenters. The van der Waals surface area contributed by atoms with Gasteiger partial charge in [0.1, 0.15) is 0 Å². The van der Waals surface area contributed by atoms with Gasteiger partial charge >= 0.3 is 0 Å².